The van der Waals surface area contributed by atoms with Crippen LogP contribution in [0.3, 0.4) is 0 Å². The minimum absolute atomic E-state index is 0. The lowest BCUT2D eigenvalue weighted by Crippen LogP contribution is -2.45. The molecule has 5 nitrogen and oxygen atoms in total. The van der Waals surface area contributed by atoms with E-state index < -0.39 is 0 Å². The van der Waals surface area contributed by atoms with Crippen LogP contribution in [0.5, 0.6) is 0 Å². The van der Waals surface area contributed by atoms with Gasteiger partial charge in [0.15, 0.2) is 0 Å². The zero-order valence-corrected chi connectivity index (χ0v) is 14.5. The molecule has 1 atom stereocenters. The van der Waals surface area contributed by atoms with Gasteiger partial charge >= 0.3 is 0 Å². The summed E-state index contributed by atoms with van der Waals surface area (Å²) in [5.41, 5.74) is 1.27. The Morgan fingerprint density at radius 2 is 2.00 bits per heavy atom. The van der Waals surface area contributed by atoms with Gasteiger partial charge in [0.05, 0.1) is 4.92 Å². The second-order valence-electron chi connectivity index (χ2n) is 5.30. The Bertz CT molecular complexity index is 454. The number of halogens is 2. The van der Waals surface area contributed by atoms with Gasteiger partial charge in [-0.05, 0) is 12.0 Å². The molecule has 1 aliphatic heterocycles. The van der Waals surface area contributed by atoms with Crippen molar-refractivity contribution in [2.75, 3.05) is 26.2 Å². The molecule has 1 aromatic rings. The van der Waals surface area contributed by atoms with E-state index in [0.29, 0.717) is 6.04 Å². The first-order chi connectivity index (χ1) is 9.72. The van der Waals surface area contributed by atoms with Crippen LogP contribution in [0, 0.1) is 10.1 Å². The zero-order valence-electron chi connectivity index (χ0n) is 12.9. The van der Waals surface area contributed by atoms with Gasteiger partial charge in [-0.25, -0.2) is 0 Å². The molecule has 7 heteroatoms. The monoisotopic (exact) mass is 349 g/mol. The largest absolute Gasteiger partial charge is 0.314 e. The Hall–Kier alpha value is -0.880. The van der Waals surface area contributed by atoms with Crippen LogP contribution in [0.2, 0.25) is 0 Å². The van der Waals surface area contributed by atoms with Crippen molar-refractivity contribution < 1.29 is 4.92 Å². The van der Waals surface area contributed by atoms with E-state index in [0.717, 1.165) is 51.0 Å². The molecule has 0 radical (unpaired) electrons. The summed E-state index contributed by atoms with van der Waals surface area (Å²) < 4.78 is 0. The van der Waals surface area contributed by atoms with Crippen molar-refractivity contribution >= 4 is 30.5 Å². The highest BCUT2D eigenvalue weighted by Crippen LogP contribution is 2.29. The Morgan fingerprint density at radius 1 is 1.32 bits per heavy atom. The summed E-state index contributed by atoms with van der Waals surface area (Å²) in [6.07, 6.45) is 3.37. The van der Waals surface area contributed by atoms with Crippen LogP contribution in [-0.2, 0) is 0 Å². The summed E-state index contributed by atoms with van der Waals surface area (Å²) in [6.45, 7) is 6.20. The lowest BCUT2D eigenvalue weighted by Gasteiger charge is -2.35. The van der Waals surface area contributed by atoms with E-state index in [1.165, 1.54) is 0 Å². The number of benzene rings is 1. The Morgan fingerprint density at radius 3 is 2.59 bits per heavy atom. The van der Waals surface area contributed by atoms with E-state index in [9.17, 15) is 10.1 Å². The second kappa shape index (κ2) is 10.8. The summed E-state index contributed by atoms with van der Waals surface area (Å²) >= 11 is 0. The third-order valence-electron chi connectivity index (χ3n) is 3.89. The van der Waals surface area contributed by atoms with Crippen molar-refractivity contribution in [3.8, 4) is 0 Å². The molecular weight excluding hydrogens is 325 g/mol. The van der Waals surface area contributed by atoms with Gasteiger partial charge in [0.2, 0.25) is 0 Å². The normalized spacial score (nSPS) is 16.2. The molecule has 2 rings (SSSR count). The number of nitro groups is 1. The number of rotatable bonds is 6. The van der Waals surface area contributed by atoms with Crippen LogP contribution in [0.25, 0.3) is 0 Å². The molecule has 0 unspecified atom stereocenters. The van der Waals surface area contributed by atoms with Crippen LogP contribution in [0.15, 0.2) is 24.3 Å². The highest BCUT2D eigenvalue weighted by molar-refractivity contribution is 5.85. The highest BCUT2D eigenvalue weighted by Gasteiger charge is 2.22. The summed E-state index contributed by atoms with van der Waals surface area (Å²) in [4.78, 5) is 13.1. The predicted molar refractivity (Wildman–Crippen MR) is 94.3 cm³/mol. The van der Waals surface area contributed by atoms with Crippen molar-refractivity contribution in [3.05, 3.63) is 39.9 Å². The quantitative estimate of drug-likeness (QED) is 0.629. The molecule has 0 spiro atoms. The maximum atomic E-state index is 10.9. The topological polar surface area (TPSA) is 58.4 Å². The molecule has 1 N–H and O–H groups in total. The number of unbranched alkanes of at least 4 members (excludes halogenated alkanes) is 1. The number of non-ortho nitro benzene ring substituents is 1. The number of nitrogens with one attached hydrogen (secondary N) is 1. The molecule has 0 amide bonds. The van der Waals surface area contributed by atoms with Crippen molar-refractivity contribution in [2.24, 2.45) is 0 Å². The SMILES string of the molecule is CCCC[C@@H](c1cccc([N+](=O)[O-])c1)N1CCNCC1.Cl.Cl. The average molecular weight is 350 g/mol. The predicted octanol–water partition coefficient (Wildman–Crippen LogP) is 3.57. The summed E-state index contributed by atoms with van der Waals surface area (Å²) in [7, 11) is 0. The summed E-state index contributed by atoms with van der Waals surface area (Å²) in [5.74, 6) is 0. The van der Waals surface area contributed by atoms with Crippen LogP contribution < -0.4 is 5.32 Å². The molecule has 0 aromatic heterocycles. The van der Waals surface area contributed by atoms with Crippen LogP contribution in [-0.4, -0.2) is 36.0 Å². The van der Waals surface area contributed by atoms with Gasteiger partial charge in [-0.1, -0.05) is 31.9 Å². The molecule has 1 aliphatic rings. The smallest absolute Gasteiger partial charge is 0.269 e. The number of piperazine rings is 1. The average Bonchev–Trinajstić information content (AvgIpc) is 2.49. The molecule has 22 heavy (non-hydrogen) atoms. The van der Waals surface area contributed by atoms with Crippen LogP contribution in [0.1, 0.15) is 37.8 Å². The maximum Gasteiger partial charge on any atom is 0.269 e. The second-order valence-corrected chi connectivity index (χ2v) is 5.30. The molecule has 1 saturated heterocycles. The highest BCUT2D eigenvalue weighted by atomic mass is 35.5. The van der Waals surface area contributed by atoms with Gasteiger partial charge in [0.25, 0.3) is 5.69 Å². The van der Waals surface area contributed by atoms with Gasteiger partial charge in [0, 0.05) is 44.4 Å². The number of hydrogen-bond donors (Lipinski definition) is 1. The van der Waals surface area contributed by atoms with Crippen molar-refractivity contribution in [1.82, 2.24) is 10.2 Å². The van der Waals surface area contributed by atoms with E-state index >= 15 is 0 Å². The van der Waals surface area contributed by atoms with E-state index in [1.54, 1.807) is 18.2 Å². The molecule has 0 saturated carbocycles. The molecule has 1 fully saturated rings. The Kier molecular flexibility index (Phi) is 10.3. The minimum atomic E-state index is -0.307. The lowest BCUT2D eigenvalue weighted by molar-refractivity contribution is -0.385. The van der Waals surface area contributed by atoms with Gasteiger partial charge < -0.3 is 5.32 Å². The standard InChI is InChI=1S/C15H23N3O2.2ClH/c1-2-3-7-15(17-10-8-16-9-11-17)13-5-4-6-14(12-13)18(19)20;;/h4-6,12,15-16H,2-3,7-11H2,1H3;2*1H/t15-;;/m0../s1. The molecule has 126 valence electrons. The van der Waals surface area contributed by atoms with E-state index in [4.69, 9.17) is 0 Å². The van der Waals surface area contributed by atoms with E-state index in [1.807, 2.05) is 6.07 Å². The fraction of sp³-hybridized carbons (Fsp3) is 0.600. The van der Waals surface area contributed by atoms with Gasteiger partial charge in [0.1, 0.15) is 0 Å². The van der Waals surface area contributed by atoms with E-state index in [-0.39, 0.29) is 35.4 Å². The fourth-order valence-corrected chi connectivity index (χ4v) is 2.80. The molecule has 1 heterocycles. The third-order valence-corrected chi connectivity index (χ3v) is 3.89. The van der Waals surface area contributed by atoms with Crippen molar-refractivity contribution in [2.45, 2.75) is 32.2 Å². The Labute approximate surface area is 144 Å². The minimum Gasteiger partial charge on any atom is -0.314 e. The molecule has 0 aliphatic carbocycles. The van der Waals surface area contributed by atoms with Gasteiger partial charge in [-0.3, -0.25) is 15.0 Å². The molecular formula is C15H25Cl2N3O2. The number of hydrogen-bond acceptors (Lipinski definition) is 4. The lowest BCUT2D eigenvalue weighted by atomic mass is 9.98. The molecule has 1 aromatic carbocycles. The Balaban J connectivity index is 0.00000220. The first-order valence-electron chi connectivity index (χ1n) is 7.41. The first kappa shape index (κ1) is 21.1. The third kappa shape index (κ3) is 5.72. The maximum absolute atomic E-state index is 10.9. The van der Waals surface area contributed by atoms with Gasteiger partial charge in [-0.2, -0.15) is 0 Å². The first-order valence-corrected chi connectivity index (χ1v) is 7.41. The summed E-state index contributed by atoms with van der Waals surface area (Å²) in [5, 5.41) is 14.3. The van der Waals surface area contributed by atoms with E-state index in [2.05, 4.69) is 17.1 Å². The summed E-state index contributed by atoms with van der Waals surface area (Å²) in [6, 6.07) is 7.43. The number of nitro benzene ring substituents is 1. The van der Waals surface area contributed by atoms with Crippen molar-refractivity contribution in [3.63, 3.8) is 0 Å². The van der Waals surface area contributed by atoms with Crippen LogP contribution >= 0.6 is 24.8 Å². The van der Waals surface area contributed by atoms with Crippen LogP contribution in [0.4, 0.5) is 5.69 Å². The number of nitrogens with zero attached hydrogens (tertiary/aromatic N) is 2. The fourth-order valence-electron chi connectivity index (χ4n) is 2.80. The molecule has 0 bridgehead atoms. The van der Waals surface area contributed by atoms with Crippen molar-refractivity contribution in [1.29, 1.82) is 0 Å². The zero-order chi connectivity index (χ0) is 14.4. The van der Waals surface area contributed by atoms with Gasteiger partial charge in [-0.15, -0.1) is 24.8 Å².